The average Bonchev–Trinajstić information content (AvgIpc) is 3.30. The summed E-state index contributed by atoms with van der Waals surface area (Å²) in [5, 5.41) is 0. The molecule has 1 fully saturated rings. The van der Waals surface area contributed by atoms with Crippen LogP contribution in [0.25, 0.3) is 0 Å². The van der Waals surface area contributed by atoms with Crippen LogP contribution in [0.4, 0.5) is 11.4 Å². The van der Waals surface area contributed by atoms with E-state index in [1.807, 2.05) is 24.3 Å². The number of rotatable bonds is 5. The maximum Gasteiger partial charge on any atom is 0.161 e. The molecule has 0 heterocycles. The highest BCUT2D eigenvalue weighted by atomic mass is 16.1. The Balaban J connectivity index is 1.88. The number of ketones is 1. The maximum atomic E-state index is 11.5. The first-order valence-electron chi connectivity index (χ1n) is 7.36. The number of carbonyl (C=O) groups excluding carboxylic acids is 1. The maximum absolute atomic E-state index is 11.5. The molecule has 0 spiro atoms. The van der Waals surface area contributed by atoms with Gasteiger partial charge in [-0.2, -0.15) is 0 Å². The number of anilines is 2. The molecule has 2 N–H and O–H groups in total. The minimum absolute atomic E-state index is 0.0140. The van der Waals surface area contributed by atoms with Crippen molar-refractivity contribution in [1.29, 1.82) is 0 Å². The molecule has 2 aromatic carbocycles. The molecule has 2 aromatic rings. The SMILES string of the molecule is CC(=O)c1ccc(N(Cc2ccccc2)C2CC2)cc1N. The molecule has 0 bridgehead atoms. The molecule has 0 aromatic heterocycles. The molecule has 1 saturated carbocycles. The van der Waals surface area contributed by atoms with Gasteiger partial charge >= 0.3 is 0 Å². The summed E-state index contributed by atoms with van der Waals surface area (Å²) in [7, 11) is 0. The topological polar surface area (TPSA) is 46.3 Å². The van der Waals surface area contributed by atoms with Crippen molar-refractivity contribution in [2.75, 3.05) is 10.6 Å². The van der Waals surface area contributed by atoms with E-state index in [1.54, 1.807) is 6.92 Å². The van der Waals surface area contributed by atoms with E-state index < -0.39 is 0 Å². The highest BCUT2D eigenvalue weighted by Crippen LogP contribution is 2.34. The summed E-state index contributed by atoms with van der Waals surface area (Å²) in [6.45, 7) is 2.43. The predicted octanol–water partition coefficient (Wildman–Crippen LogP) is 3.64. The number of hydrogen-bond acceptors (Lipinski definition) is 3. The molecule has 0 amide bonds. The molecule has 0 atom stereocenters. The van der Waals surface area contributed by atoms with Crippen molar-refractivity contribution in [3.63, 3.8) is 0 Å². The summed E-state index contributed by atoms with van der Waals surface area (Å²) >= 11 is 0. The van der Waals surface area contributed by atoms with Crippen molar-refractivity contribution in [1.82, 2.24) is 0 Å². The summed E-state index contributed by atoms with van der Waals surface area (Å²) in [5.74, 6) is 0.0140. The lowest BCUT2D eigenvalue weighted by atomic mass is 10.1. The van der Waals surface area contributed by atoms with E-state index in [9.17, 15) is 4.79 Å². The van der Waals surface area contributed by atoms with Gasteiger partial charge in [0.25, 0.3) is 0 Å². The Labute approximate surface area is 125 Å². The van der Waals surface area contributed by atoms with Gasteiger partial charge in [-0.1, -0.05) is 30.3 Å². The monoisotopic (exact) mass is 280 g/mol. The van der Waals surface area contributed by atoms with Gasteiger partial charge in [0.1, 0.15) is 0 Å². The zero-order valence-corrected chi connectivity index (χ0v) is 12.3. The quantitative estimate of drug-likeness (QED) is 0.672. The third kappa shape index (κ3) is 3.07. The van der Waals surface area contributed by atoms with E-state index in [2.05, 4.69) is 29.2 Å². The van der Waals surface area contributed by atoms with Crippen molar-refractivity contribution in [3.8, 4) is 0 Å². The Morgan fingerprint density at radius 1 is 1.19 bits per heavy atom. The molecule has 3 rings (SSSR count). The van der Waals surface area contributed by atoms with Gasteiger partial charge in [-0.15, -0.1) is 0 Å². The molecule has 3 heteroatoms. The van der Waals surface area contributed by atoms with Crippen LogP contribution in [0.15, 0.2) is 48.5 Å². The van der Waals surface area contributed by atoms with Gasteiger partial charge in [-0.25, -0.2) is 0 Å². The lowest BCUT2D eigenvalue weighted by molar-refractivity contribution is 0.101. The van der Waals surface area contributed by atoms with Gasteiger partial charge in [0.15, 0.2) is 5.78 Å². The number of nitrogens with zero attached hydrogens (tertiary/aromatic N) is 1. The fraction of sp³-hybridized carbons (Fsp3) is 0.278. The van der Waals surface area contributed by atoms with Crippen LogP contribution in [0.2, 0.25) is 0 Å². The Morgan fingerprint density at radius 3 is 2.48 bits per heavy atom. The summed E-state index contributed by atoms with van der Waals surface area (Å²) in [6.07, 6.45) is 2.45. The normalized spacial score (nSPS) is 14.0. The van der Waals surface area contributed by atoms with Gasteiger partial charge in [0.2, 0.25) is 0 Å². The summed E-state index contributed by atoms with van der Waals surface area (Å²) in [5.41, 5.74) is 9.59. The molecule has 0 unspecified atom stereocenters. The van der Waals surface area contributed by atoms with Crippen molar-refractivity contribution >= 4 is 17.2 Å². The highest BCUT2D eigenvalue weighted by Gasteiger charge is 2.29. The van der Waals surface area contributed by atoms with E-state index in [4.69, 9.17) is 5.73 Å². The third-order valence-electron chi connectivity index (χ3n) is 3.93. The molecule has 3 nitrogen and oxygen atoms in total. The average molecular weight is 280 g/mol. The van der Waals surface area contributed by atoms with Gasteiger partial charge in [0.05, 0.1) is 0 Å². The van der Waals surface area contributed by atoms with Crippen LogP contribution in [-0.2, 0) is 6.54 Å². The molecular formula is C18H20N2O. The highest BCUT2D eigenvalue weighted by molar-refractivity contribution is 5.99. The zero-order chi connectivity index (χ0) is 14.8. The number of nitrogens with two attached hydrogens (primary N) is 1. The molecular weight excluding hydrogens is 260 g/mol. The Kier molecular flexibility index (Phi) is 3.65. The van der Waals surface area contributed by atoms with Gasteiger partial charge in [0, 0.05) is 29.5 Å². The Morgan fingerprint density at radius 2 is 1.90 bits per heavy atom. The van der Waals surface area contributed by atoms with E-state index in [1.165, 1.54) is 18.4 Å². The van der Waals surface area contributed by atoms with Gasteiger partial charge in [-0.05, 0) is 43.5 Å². The number of nitrogen functional groups attached to an aromatic ring is 1. The smallest absolute Gasteiger partial charge is 0.161 e. The van der Waals surface area contributed by atoms with Crippen molar-refractivity contribution < 1.29 is 4.79 Å². The Hall–Kier alpha value is -2.29. The van der Waals surface area contributed by atoms with E-state index in [-0.39, 0.29) is 5.78 Å². The molecule has 0 radical (unpaired) electrons. The standard InChI is InChI=1S/C18H20N2O/c1-13(21)17-10-9-16(11-18(17)19)20(15-7-8-15)12-14-5-3-2-4-6-14/h2-6,9-11,15H,7-8,12,19H2,1H3. The summed E-state index contributed by atoms with van der Waals surface area (Å²) in [6, 6.07) is 16.8. The molecule has 21 heavy (non-hydrogen) atoms. The number of hydrogen-bond donors (Lipinski definition) is 1. The van der Waals surface area contributed by atoms with Crippen LogP contribution in [0.5, 0.6) is 0 Å². The number of benzene rings is 2. The fourth-order valence-corrected chi connectivity index (χ4v) is 2.65. The Bertz CT molecular complexity index is 648. The molecule has 108 valence electrons. The van der Waals surface area contributed by atoms with E-state index in [0.29, 0.717) is 17.3 Å². The van der Waals surface area contributed by atoms with E-state index in [0.717, 1.165) is 12.2 Å². The second kappa shape index (κ2) is 5.60. The second-order valence-electron chi connectivity index (χ2n) is 5.67. The second-order valence-corrected chi connectivity index (χ2v) is 5.67. The molecule has 0 aliphatic heterocycles. The van der Waals surface area contributed by atoms with Crippen LogP contribution in [-0.4, -0.2) is 11.8 Å². The molecule has 0 saturated heterocycles. The van der Waals surface area contributed by atoms with Crippen LogP contribution in [0, 0.1) is 0 Å². The summed E-state index contributed by atoms with van der Waals surface area (Å²) < 4.78 is 0. The first-order valence-corrected chi connectivity index (χ1v) is 7.36. The van der Waals surface area contributed by atoms with Crippen molar-refractivity contribution in [2.24, 2.45) is 0 Å². The molecule has 1 aliphatic rings. The van der Waals surface area contributed by atoms with Crippen molar-refractivity contribution in [3.05, 3.63) is 59.7 Å². The first-order chi connectivity index (χ1) is 10.1. The van der Waals surface area contributed by atoms with Crippen molar-refractivity contribution in [2.45, 2.75) is 32.4 Å². The fourth-order valence-electron chi connectivity index (χ4n) is 2.65. The summed E-state index contributed by atoms with van der Waals surface area (Å²) in [4.78, 5) is 13.9. The van der Waals surface area contributed by atoms with Crippen LogP contribution >= 0.6 is 0 Å². The number of Topliss-reactive ketones (excluding diaryl/α,β-unsaturated/α-hetero) is 1. The zero-order valence-electron chi connectivity index (χ0n) is 12.3. The minimum atomic E-state index is 0.0140. The van der Waals surface area contributed by atoms with Crippen LogP contribution in [0.1, 0.15) is 35.7 Å². The van der Waals surface area contributed by atoms with E-state index >= 15 is 0 Å². The lowest BCUT2D eigenvalue weighted by Crippen LogP contribution is -2.25. The van der Waals surface area contributed by atoms with Gasteiger partial charge < -0.3 is 10.6 Å². The number of carbonyl (C=O) groups is 1. The van der Waals surface area contributed by atoms with Crippen LogP contribution < -0.4 is 10.6 Å². The lowest BCUT2D eigenvalue weighted by Gasteiger charge is -2.25. The third-order valence-corrected chi connectivity index (χ3v) is 3.93. The minimum Gasteiger partial charge on any atom is -0.398 e. The predicted molar refractivity (Wildman–Crippen MR) is 86.5 cm³/mol. The van der Waals surface area contributed by atoms with Gasteiger partial charge in [-0.3, -0.25) is 4.79 Å². The largest absolute Gasteiger partial charge is 0.398 e. The first kappa shape index (κ1) is 13.7. The van der Waals surface area contributed by atoms with Crippen LogP contribution in [0.3, 0.4) is 0 Å². The molecule has 1 aliphatic carbocycles.